The van der Waals surface area contributed by atoms with Crippen LogP contribution in [-0.2, 0) is 0 Å². The van der Waals surface area contributed by atoms with E-state index in [1.807, 2.05) is 14.1 Å². The minimum atomic E-state index is -0.464. The number of hydrogen-bond acceptors (Lipinski definition) is 5. The van der Waals surface area contributed by atoms with Crippen LogP contribution in [0.2, 0.25) is 0 Å². The van der Waals surface area contributed by atoms with E-state index in [0.29, 0.717) is 17.3 Å². The molecule has 0 aliphatic carbocycles. The van der Waals surface area contributed by atoms with E-state index in [4.69, 9.17) is 0 Å². The van der Waals surface area contributed by atoms with Crippen LogP contribution in [0.5, 0.6) is 0 Å². The predicted molar refractivity (Wildman–Crippen MR) is 92.5 cm³/mol. The van der Waals surface area contributed by atoms with Gasteiger partial charge in [0.15, 0.2) is 0 Å². The zero-order valence-electron chi connectivity index (χ0n) is 14.2. The van der Waals surface area contributed by atoms with Gasteiger partial charge in [0.05, 0.1) is 10.5 Å². The molecule has 0 aromatic heterocycles. The van der Waals surface area contributed by atoms with Crippen LogP contribution >= 0.6 is 0 Å². The van der Waals surface area contributed by atoms with Crippen LogP contribution in [-0.4, -0.2) is 55.0 Å². The van der Waals surface area contributed by atoms with Gasteiger partial charge in [-0.15, -0.1) is 0 Å². The summed E-state index contributed by atoms with van der Waals surface area (Å²) >= 11 is 0. The molecule has 0 unspecified atom stereocenters. The first-order chi connectivity index (χ1) is 11.5. The Kier molecular flexibility index (Phi) is 4.71. The zero-order chi connectivity index (χ0) is 17.3. The lowest BCUT2D eigenvalue weighted by Gasteiger charge is -2.32. The van der Waals surface area contributed by atoms with Crippen LogP contribution in [0.3, 0.4) is 0 Å². The molecule has 2 saturated heterocycles. The van der Waals surface area contributed by atoms with Crippen molar-refractivity contribution in [1.82, 2.24) is 10.2 Å². The van der Waals surface area contributed by atoms with Crippen LogP contribution in [0.15, 0.2) is 18.2 Å². The van der Waals surface area contributed by atoms with Gasteiger partial charge in [-0.1, -0.05) is 6.42 Å². The van der Waals surface area contributed by atoms with Gasteiger partial charge in [0.1, 0.15) is 0 Å². The number of nitrogens with one attached hydrogen (secondary N) is 1. The molecule has 130 valence electrons. The third-order valence-corrected chi connectivity index (χ3v) is 5.09. The molecule has 2 fully saturated rings. The molecule has 1 aromatic rings. The maximum absolute atomic E-state index is 12.8. The molecule has 7 heteroatoms. The molecule has 1 N–H and O–H groups in total. The van der Waals surface area contributed by atoms with Crippen molar-refractivity contribution >= 4 is 17.3 Å². The van der Waals surface area contributed by atoms with Crippen LogP contribution in [0.25, 0.3) is 0 Å². The van der Waals surface area contributed by atoms with Crippen molar-refractivity contribution in [3.63, 3.8) is 0 Å². The van der Waals surface area contributed by atoms with Crippen molar-refractivity contribution < 1.29 is 9.72 Å². The van der Waals surface area contributed by atoms with Crippen LogP contribution in [0.4, 0.5) is 11.4 Å². The smallest absolute Gasteiger partial charge is 0.270 e. The Labute approximate surface area is 141 Å². The minimum Gasteiger partial charge on any atom is -0.377 e. The molecule has 0 radical (unpaired) electrons. The molecule has 0 spiro atoms. The summed E-state index contributed by atoms with van der Waals surface area (Å²) < 4.78 is 0. The van der Waals surface area contributed by atoms with Gasteiger partial charge in [0.25, 0.3) is 11.6 Å². The molecule has 2 heterocycles. The molecule has 2 atom stereocenters. The summed E-state index contributed by atoms with van der Waals surface area (Å²) in [6, 6.07) is 4.98. The zero-order valence-corrected chi connectivity index (χ0v) is 14.2. The molecule has 0 saturated carbocycles. The Morgan fingerprint density at radius 1 is 1.29 bits per heavy atom. The van der Waals surface area contributed by atoms with Crippen LogP contribution in [0.1, 0.15) is 36.0 Å². The number of nitro benzene ring substituents is 1. The number of nitro groups is 1. The molecular formula is C17H24N4O3. The highest BCUT2D eigenvalue weighted by molar-refractivity contribution is 6.00. The van der Waals surface area contributed by atoms with Gasteiger partial charge < -0.3 is 10.2 Å². The number of hydrogen-bond donors (Lipinski definition) is 1. The molecule has 24 heavy (non-hydrogen) atoms. The van der Waals surface area contributed by atoms with Crippen LogP contribution < -0.4 is 10.2 Å². The third-order valence-electron chi connectivity index (χ3n) is 5.09. The van der Waals surface area contributed by atoms with E-state index in [-0.39, 0.29) is 17.6 Å². The Morgan fingerprint density at radius 3 is 2.79 bits per heavy atom. The average Bonchev–Trinajstić information content (AvgIpc) is 2.97. The number of piperidine rings is 1. The number of anilines is 1. The second-order valence-corrected chi connectivity index (χ2v) is 6.82. The molecule has 2 aliphatic heterocycles. The van der Waals surface area contributed by atoms with Gasteiger partial charge in [0, 0.05) is 50.5 Å². The van der Waals surface area contributed by atoms with E-state index in [0.717, 1.165) is 25.9 Å². The van der Waals surface area contributed by atoms with E-state index in [1.54, 1.807) is 11.0 Å². The number of non-ortho nitro benzene ring substituents is 1. The Hall–Kier alpha value is -2.15. The quantitative estimate of drug-likeness (QED) is 0.674. The summed E-state index contributed by atoms with van der Waals surface area (Å²) in [6.45, 7) is 2.13. The fraction of sp³-hybridized carbons (Fsp3) is 0.588. The molecule has 1 amide bonds. The van der Waals surface area contributed by atoms with E-state index in [1.165, 1.54) is 25.0 Å². The third kappa shape index (κ3) is 3.21. The normalized spacial score (nSPS) is 23.6. The van der Waals surface area contributed by atoms with E-state index >= 15 is 0 Å². The molecular weight excluding hydrogens is 308 g/mol. The fourth-order valence-corrected chi connectivity index (χ4v) is 3.87. The van der Waals surface area contributed by atoms with E-state index < -0.39 is 4.92 Å². The number of amides is 1. The Bertz CT molecular complexity index is 647. The summed E-state index contributed by atoms with van der Waals surface area (Å²) in [7, 11) is 3.66. The summed E-state index contributed by atoms with van der Waals surface area (Å²) in [4.78, 5) is 27.6. The largest absolute Gasteiger partial charge is 0.377 e. The lowest BCUT2D eigenvalue weighted by molar-refractivity contribution is -0.384. The fourth-order valence-electron chi connectivity index (χ4n) is 3.87. The minimum absolute atomic E-state index is 0.0588. The number of fused-ring (bicyclic) bond motifs is 1. The highest BCUT2D eigenvalue weighted by atomic mass is 16.6. The molecule has 2 aliphatic rings. The predicted octanol–water partition coefficient (Wildman–Crippen LogP) is 2.02. The lowest BCUT2D eigenvalue weighted by Crippen LogP contribution is -2.47. The van der Waals surface area contributed by atoms with Crippen molar-refractivity contribution in [3.05, 3.63) is 33.9 Å². The van der Waals surface area contributed by atoms with Gasteiger partial charge in [0.2, 0.25) is 0 Å². The topological polar surface area (TPSA) is 78.7 Å². The maximum Gasteiger partial charge on any atom is 0.270 e. The molecule has 1 aromatic carbocycles. The molecule has 3 rings (SSSR count). The van der Waals surface area contributed by atoms with Crippen molar-refractivity contribution in [3.8, 4) is 0 Å². The average molecular weight is 332 g/mol. The van der Waals surface area contributed by atoms with Gasteiger partial charge >= 0.3 is 0 Å². The van der Waals surface area contributed by atoms with Gasteiger partial charge in [-0.3, -0.25) is 19.8 Å². The van der Waals surface area contributed by atoms with Crippen molar-refractivity contribution in [2.45, 2.75) is 37.8 Å². The highest BCUT2D eigenvalue weighted by Crippen LogP contribution is 2.29. The SMILES string of the molecule is CN(C)c1ccc([N+](=O)[O-])cc1C(=O)N[C@H]1CCN2CCCC[C@H]12. The number of carbonyl (C=O) groups is 1. The Balaban J connectivity index is 1.81. The first-order valence-electron chi connectivity index (χ1n) is 8.48. The standard InChI is InChI=1S/C17H24N4O3/c1-19(2)15-7-6-12(21(23)24)11-13(15)17(22)18-14-8-10-20-9-4-3-5-16(14)20/h6-7,11,14,16H,3-5,8-10H2,1-2H3,(H,18,22)/t14-,16+/m0/s1. The summed E-state index contributed by atoms with van der Waals surface area (Å²) in [5, 5.41) is 14.2. The first kappa shape index (κ1) is 16.7. The van der Waals surface area contributed by atoms with Gasteiger partial charge in [-0.2, -0.15) is 0 Å². The van der Waals surface area contributed by atoms with E-state index in [2.05, 4.69) is 10.2 Å². The summed E-state index contributed by atoms with van der Waals surface area (Å²) in [6.07, 6.45) is 4.49. The number of nitrogens with zero attached hydrogens (tertiary/aromatic N) is 3. The maximum atomic E-state index is 12.8. The lowest BCUT2D eigenvalue weighted by atomic mass is 9.98. The van der Waals surface area contributed by atoms with Gasteiger partial charge in [-0.05, 0) is 31.9 Å². The van der Waals surface area contributed by atoms with Crippen molar-refractivity contribution in [2.24, 2.45) is 0 Å². The summed E-state index contributed by atoms with van der Waals surface area (Å²) in [5.74, 6) is -0.222. The number of carbonyl (C=O) groups excluding carboxylic acids is 1. The highest BCUT2D eigenvalue weighted by Gasteiger charge is 2.36. The monoisotopic (exact) mass is 332 g/mol. The number of rotatable bonds is 4. The van der Waals surface area contributed by atoms with Crippen molar-refractivity contribution in [2.75, 3.05) is 32.1 Å². The molecule has 7 nitrogen and oxygen atoms in total. The first-order valence-corrected chi connectivity index (χ1v) is 8.48. The Morgan fingerprint density at radius 2 is 2.08 bits per heavy atom. The second kappa shape index (κ2) is 6.76. The second-order valence-electron chi connectivity index (χ2n) is 6.82. The van der Waals surface area contributed by atoms with Crippen molar-refractivity contribution in [1.29, 1.82) is 0 Å². The number of benzene rings is 1. The molecule has 0 bridgehead atoms. The van der Waals surface area contributed by atoms with Gasteiger partial charge in [-0.25, -0.2) is 0 Å². The summed E-state index contributed by atoms with van der Waals surface area (Å²) in [5.41, 5.74) is 0.997. The van der Waals surface area contributed by atoms with Crippen LogP contribution in [0, 0.1) is 10.1 Å². The van der Waals surface area contributed by atoms with E-state index in [9.17, 15) is 14.9 Å².